The standard InChI is InChI=1S/C14H18ClFN2O/c1-10(2)9-19-7-6-18-12-5-3-4-11(16)14(12)17-13(18)8-15/h3-5,10H,6-9H2,1-2H3. The van der Waals surface area contributed by atoms with Gasteiger partial charge in [0.1, 0.15) is 11.3 Å². The molecule has 0 radical (unpaired) electrons. The summed E-state index contributed by atoms with van der Waals surface area (Å²) in [5, 5.41) is 0. The SMILES string of the molecule is CC(C)COCCn1c(CCl)nc2c(F)cccc21. The number of rotatable bonds is 6. The van der Waals surface area contributed by atoms with E-state index in [4.69, 9.17) is 16.3 Å². The molecule has 0 spiro atoms. The summed E-state index contributed by atoms with van der Waals surface area (Å²) in [7, 11) is 0. The minimum atomic E-state index is -0.314. The highest BCUT2D eigenvalue weighted by atomic mass is 35.5. The van der Waals surface area contributed by atoms with E-state index in [9.17, 15) is 4.39 Å². The van der Waals surface area contributed by atoms with Crippen molar-refractivity contribution in [1.29, 1.82) is 0 Å². The number of halogens is 2. The van der Waals surface area contributed by atoms with Crippen LogP contribution in [0.2, 0.25) is 0 Å². The number of imidazole rings is 1. The molecule has 3 nitrogen and oxygen atoms in total. The van der Waals surface area contributed by atoms with Gasteiger partial charge in [-0.3, -0.25) is 0 Å². The minimum Gasteiger partial charge on any atom is -0.379 e. The lowest BCUT2D eigenvalue weighted by Crippen LogP contribution is -2.11. The maximum Gasteiger partial charge on any atom is 0.151 e. The molecule has 1 heterocycles. The molecule has 1 aromatic heterocycles. The van der Waals surface area contributed by atoms with Gasteiger partial charge < -0.3 is 9.30 Å². The van der Waals surface area contributed by atoms with Crippen LogP contribution in [0.15, 0.2) is 18.2 Å². The van der Waals surface area contributed by atoms with Gasteiger partial charge in [0, 0.05) is 13.2 Å². The summed E-state index contributed by atoms with van der Waals surface area (Å²) in [5.74, 6) is 1.13. The van der Waals surface area contributed by atoms with Gasteiger partial charge >= 0.3 is 0 Å². The average Bonchev–Trinajstić information content (AvgIpc) is 2.74. The summed E-state index contributed by atoms with van der Waals surface area (Å²) in [6, 6.07) is 4.94. The van der Waals surface area contributed by atoms with Crippen LogP contribution in [0.1, 0.15) is 19.7 Å². The molecular weight excluding hydrogens is 267 g/mol. The predicted octanol–water partition coefficient (Wildman–Crippen LogP) is 3.59. The number of hydrogen-bond donors (Lipinski definition) is 0. The lowest BCUT2D eigenvalue weighted by atomic mass is 10.2. The van der Waals surface area contributed by atoms with Gasteiger partial charge in [-0.1, -0.05) is 19.9 Å². The van der Waals surface area contributed by atoms with Crippen molar-refractivity contribution < 1.29 is 9.13 Å². The number of para-hydroxylation sites is 1. The molecule has 1 aromatic carbocycles. The summed E-state index contributed by atoms with van der Waals surface area (Å²) in [5.41, 5.74) is 1.14. The number of nitrogens with zero attached hydrogens (tertiary/aromatic N) is 2. The van der Waals surface area contributed by atoms with E-state index in [1.165, 1.54) is 6.07 Å². The van der Waals surface area contributed by atoms with Crippen LogP contribution in [0.25, 0.3) is 11.0 Å². The van der Waals surface area contributed by atoms with Gasteiger partial charge in [0.15, 0.2) is 5.82 Å². The van der Waals surface area contributed by atoms with E-state index in [1.54, 1.807) is 6.07 Å². The number of alkyl halides is 1. The number of ether oxygens (including phenoxy) is 1. The first-order chi connectivity index (χ1) is 9.13. The van der Waals surface area contributed by atoms with Crippen molar-refractivity contribution in [3.63, 3.8) is 0 Å². The normalized spacial score (nSPS) is 11.6. The first-order valence-electron chi connectivity index (χ1n) is 6.40. The Balaban J connectivity index is 2.18. The Kier molecular flexibility index (Phi) is 4.77. The third kappa shape index (κ3) is 3.25. The zero-order chi connectivity index (χ0) is 13.8. The molecule has 0 N–H and O–H groups in total. The molecule has 0 atom stereocenters. The van der Waals surface area contributed by atoms with E-state index in [2.05, 4.69) is 18.8 Å². The van der Waals surface area contributed by atoms with Gasteiger partial charge in [-0.15, -0.1) is 11.6 Å². The first kappa shape index (κ1) is 14.3. The van der Waals surface area contributed by atoms with Gasteiger partial charge in [0.2, 0.25) is 0 Å². The van der Waals surface area contributed by atoms with Crippen molar-refractivity contribution >= 4 is 22.6 Å². The molecule has 0 saturated carbocycles. The van der Waals surface area contributed by atoms with E-state index in [0.29, 0.717) is 30.4 Å². The van der Waals surface area contributed by atoms with Gasteiger partial charge in [0.25, 0.3) is 0 Å². The summed E-state index contributed by atoms with van der Waals surface area (Å²) >= 11 is 5.87. The van der Waals surface area contributed by atoms with E-state index < -0.39 is 0 Å². The summed E-state index contributed by atoms with van der Waals surface area (Å²) in [6.45, 7) is 6.13. The van der Waals surface area contributed by atoms with Crippen LogP contribution in [0, 0.1) is 11.7 Å². The van der Waals surface area contributed by atoms with Crippen molar-refractivity contribution in [1.82, 2.24) is 9.55 Å². The van der Waals surface area contributed by atoms with Crippen LogP contribution in [0.3, 0.4) is 0 Å². The number of benzene rings is 1. The fraction of sp³-hybridized carbons (Fsp3) is 0.500. The lowest BCUT2D eigenvalue weighted by Gasteiger charge is -2.10. The zero-order valence-electron chi connectivity index (χ0n) is 11.2. The van der Waals surface area contributed by atoms with Crippen LogP contribution >= 0.6 is 11.6 Å². The van der Waals surface area contributed by atoms with Crippen LogP contribution in [0.4, 0.5) is 4.39 Å². The van der Waals surface area contributed by atoms with E-state index >= 15 is 0 Å². The molecule has 5 heteroatoms. The highest BCUT2D eigenvalue weighted by Crippen LogP contribution is 2.20. The summed E-state index contributed by atoms with van der Waals surface area (Å²) < 4.78 is 21.1. The molecule has 0 aliphatic carbocycles. The molecule has 2 aromatic rings. The topological polar surface area (TPSA) is 27.1 Å². The molecule has 0 aliphatic rings. The van der Waals surface area contributed by atoms with Crippen LogP contribution < -0.4 is 0 Å². The third-order valence-corrected chi connectivity index (χ3v) is 3.08. The molecule has 104 valence electrons. The van der Waals surface area contributed by atoms with Gasteiger partial charge in [-0.25, -0.2) is 9.37 Å². The maximum absolute atomic E-state index is 13.7. The van der Waals surface area contributed by atoms with Crippen molar-refractivity contribution in [3.05, 3.63) is 29.8 Å². The fourth-order valence-electron chi connectivity index (χ4n) is 1.99. The van der Waals surface area contributed by atoms with Crippen molar-refractivity contribution in [2.24, 2.45) is 5.92 Å². The van der Waals surface area contributed by atoms with Crippen LogP contribution in [0.5, 0.6) is 0 Å². The Bertz CT molecular complexity index is 554. The second-order valence-electron chi connectivity index (χ2n) is 4.89. The Morgan fingerprint density at radius 2 is 2.21 bits per heavy atom. The second kappa shape index (κ2) is 6.35. The predicted molar refractivity (Wildman–Crippen MR) is 74.9 cm³/mol. The van der Waals surface area contributed by atoms with Crippen LogP contribution in [-0.4, -0.2) is 22.8 Å². The highest BCUT2D eigenvalue weighted by Gasteiger charge is 2.12. The smallest absolute Gasteiger partial charge is 0.151 e. The van der Waals surface area contributed by atoms with Gasteiger partial charge in [-0.05, 0) is 18.1 Å². The fourth-order valence-corrected chi connectivity index (χ4v) is 2.19. The summed E-state index contributed by atoms with van der Waals surface area (Å²) in [4.78, 5) is 4.25. The molecular formula is C14H18ClFN2O. The molecule has 0 saturated heterocycles. The Hall–Kier alpha value is -1.13. The molecule has 0 fully saturated rings. The maximum atomic E-state index is 13.7. The van der Waals surface area contributed by atoms with Crippen LogP contribution in [-0.2, 0) is 17.2 Å². The van der Waals surface area contributed by atoms with Gasteiger partial charge in [0.05, 0.1) is 18.0 Å². The van der Waals surface area contributed by atoms with E-state index in [0.717, 1.165) is 12.1 Å². The largest absolute Gasteiger partial charge is 0.379 e. The minimum absolute atomic E-state index is 0.262. The Labute approximate surface area is 117 Å². The van der Waals surface area contributed by atoms with Gasteiger partial charge in [-0.2, -0.15) is 0 Å². The second-order valence-corrected chi connectivity index (χ2v) is 5.16. The van der Waals surface area contributed by atoms with Crippen molar-refractivity contribution in [2.45, 2.75) is 26.3 Å². The zero-order valence-corrected chi connectivity index (χ0v) is 12.0. The van der Waals surface area contributed by atoms with Crippen molar-refractivity contribution in [3.8, 4) is 0 Å². The quantitative estimate of drug-likeness (QED) is 0.599. The number of hydrogen-bond acceptors (Lipinski definition) is 2. The molecule has 0 unspecified atom stereocenters. The lowest BCUT2D eigenvalue weighted by molar-refractivity contribution is 0.103. The molecule has 0 aliphatic heterocycles. The first-order valence-corrected chi connectivity index (χ1v) is 6.94. The molecule has 19 heavy (non-hydrogen) atoms. The molecule has 0 bridgehead atoms. The summed E-state index contributed by atoms with van der Waals surface area (Å²) in [6.07, 6.45) is 0. The monoisotopic (exact) mass is 284 g/mol. The molecule has 2 rings (SSSR count). The average molecular weight is 285 g/mol. The van der Waals surface area contributed by atoms with Crippen molar-refractivity contribution in [2.75, 3.05) is 13.2 Å². The Morgan fingerprint density at radius 1 is 1.42 bits per heavy atom. The number of aromatic nitrogens is 2. The third-order valence-electron chi connectivity index (χ3n) is 2.84. The van der Waals surface area contributed by atoms with E-state index in [1.807, 2.05) is 10.6 Å². The van der Waals surface area contributed by atoms with E-state index in [-0.39, 0.29) is 11.7 Å². The highest BCUT2D eigenvalue weighted by molar-refractivity contribution is 6.16. The number of fused-ring (bicyclic) bond motifs is 1. The Morgan fingerprint density at radius 3 is 2.89 bits per heavy atom. The molecule has 0 amide bonds.